The number of benzene rings is 1. The molecule has 7 heteroatoms. The fourth-order valence-electron chi connectivity index (χ4n) is 1.74. The molecule has 3 aromatic rings. The van der Waals surface area contributed by atoms with E-state index >= 15 is 0 Å². The number of H-pyrrole nitrogens is 2. The van der Waals surface area contributed by atoms with Crippen molar-refractivity contribution in [2.24, 2.45) is 0 Å². The summed E-state index contributed by atoms with van der Waals surface area (Å²) >= 11 is 11.0. The van der Waals surface area contributed by atoms with E-state index in [0.29, 0.717) is 26.5 Å². The molecule has 0 aliphatic carbocycles. The van der Waals surface area contributed by atoms with E-state index in [1.54, 1.807) is 24.3 Å². The molecule has 2 N–H and O–H groups in total. The average molecular weight is 279 g/mol. The van der Waals surface area contributed by atoms with Crippen molar-refractivity contribution >= 4 is 34.9 Å². The van der Waals surface area contributed by atoms with Crippen LogP contribution in [-0.2, 0) is 0 Å². The molecule has 0 saturated carbocycles. The minimum absolute atomic E-state index is 0.218. The van der Waals surface area contributed by atoms with Gasteiger partial charge >= 0.3 is 0 Å². The maximum absolute atomic E-state index is 12.3. The van der Waals surface area contributed by atoms with E-state index < -0.39 is 0 Å². The third-order valence-electron chi connectivity index (χ3n) is 2.59. The van der Waals surface area contributed by atoms with Crippen molar-refractivity contribution in [3.8, 4) is 5.69 Å². The van der Waals surface area contributed by atoms with Gasteiger partial charge in [0.25, 0.3) is 5.56 Å². The molecular weight excluding hydrogens is 272 g/mol. The molecule has 0 amide bonds. The average Bonchev–Trinajstić information content (AvgIpc) is 2.80. The van der Waals surface area contributed by atoms with Crippen molar-refractivity contribution in [3.63, 3.8) is 0 Å². The Morgan fingerprint density at radius 2 is 2.00 bits per heavy atom. The van der Waals surface area contributed by atoms with Crippen LogP contribution in [0.15, 0.2) is 35.3 Å². The molecule has 0 saturated heterocycles. The Balaban J connectivity index is 2.38. The lowest BCUT2D eigenvalue weighted by Crippen LogP contribution is -2.19. The molecule has 0 bridgehead atoms. The smallest absolute Gasteiger partial charge is 0.270 e. The Kier molecular flexibility index (Phi) is 2.53. The topological polar surface area (TPSA) is 66.5 Å². The molecule has 90 valence electrons. The highest BCUT2D eigenvalue weighted by Crippen LogP contribution is 2.13. The van der Waals surface area contributed by atoms with Gasteiger partial charge in [0.2, 0.25) is 0 Å². The second kappa shape index (κ2) is 4.08. The van der Waals surface area contributed by atoms with Gasteiger partial charge in [-0.1, -0.05) is 11.6 Å². The summed E-state index contributed by atoms with van der Waals surface area (Å²) in [6.07, 6.45) is 1.47. The summed E-state index contributed by atoms with van der Waals surface area (Å²) in [6.45, 7) is 0. The molecule has 3 rings (SSSR count). The van der Waals surface area contributed by atoms with Crippen molar-refractivity contribution < 1.29 is 0 Å². The Bertz CT molecular complexity index is 831. The maximum atomic E-state index is 12.3. The molecule has 0 aliphatic rings. The number of nitrogens with one attached hydrogen (secondary N) is 2. The molecule has 0 aliphatic heterocycles. The van der Waals surface area contributed by atoms with Crippen LogP contribution in [0.25, 0.3) is 16.7 Å². The Hall–Kier alpha value is -1.92. The lowest BCUT2D eigenvalue weighted by molar-refractivity contribution is 0.935. The Labute approximate surface area is 111 Å². The Morgan fingerprint density at radius 3 is 2.72 bits per heavy atom. The maximum Gasteiger partial charge on any atom is 0.270 e. The molecular formula is C11H7ClN4OS. The van der Waals surface area contributed by atoms with Crippen LogP contribution in [0.4, 0.5) is 0 Å². The van der Waals surface area contributed by atoms with E-state index in [4.69, 9.17) is 23.8 Å². The third-order valence-corrected chi connectivity index (χ3v) is 3.13. The predicted molar refractivity (Wildman–Crippen MR) is 71.9 cm³/mol. The van der Waals surface area contributed by atoms with E-state index in [1.807, 2.05) is 0 Å². The summed E-state index contributed by atoms with van der Waals surface area (Å²) in [6, 6.07) is 6.88. The van der Waals surface area contributed by atoms with Crippen LogP contribution in [-0.4, -0.2) is 19.7 Å². The fraction of sp³-hybridized carbons (Fsp3) is 0. The summed E-state index contributed by atoms with van der Waals surface area (Å²) in [5, 5.41) is 7.56. The first kappa shape index (κ1) is 11.2. The van der Waals surface area contributed by atoms with Crippen molar-refractivity contribution in [1.29, 1.82) is 0 Å². The van der Waals surface area contributed by atoms with E-state index in [-0.39, 0.29) is 5.56 Å². The zero-order chi connectivity index (χ0) is 12.7. The summed E-state index contributed by atoms with van der Waals surface area (Å²) in [5.41, 5.74) is 0.966. The number of hydrogen-bond donors (Lipinski definition) is 2. The largest absolute Gasteiger partial charge is 0.316 e. The number of halogens is 1. The summed E-state index contributed by atoms with van der Waals surface area (Å²) in [5.74, 6) is 0. The van der Waals surface area contributed by atoms with Gasteiger partial charge in [-0.05, 0) is 36.5 Å². The molecule has 2 heterocycles. The fourth-order valence-corrected chi connectivity index (χ4v) is 2.16. The van der Waals surface area contributed by atoms with Gasteiger partial charge in [-0.25, -0.2) is 0 Å². The van der Waals surface area contributed by atoms with E-state index in [0.717, 1.165) is 0 Å². The molecule has 2 aromatic heterocycles. The van der Waals surface area contributed by atoms with Crippen molar-refractivity contribution in [2.75, 3.05) is 0 Å². The van der Waals surface area contributed by atoms with Gasteiger partial charge in [0.1, 0.15) is 11.0 Å². The summed E-state index contributed by atoms with van der Waals surface area (Å²) in [4.78, 5) is 15.2. The lowest BCUT2D eigenvalue weighted by atomic mass is 10.3. The Morgan fingerprint density at radius 1 is 1.28 bits per heavy atom. The van der Waals surface area contributed by atoms with Crippen LogP contribution in [0.1, 0.15) is 0 Å². The van der Waals surface area contributed by atoms with Crippen LogP contribution in [0, 0.1) is 4.77 Å². The number of aromatic amines is 2. The second-order valence-corrected chi connectivity index (χ2v) is 4.53. The minimum Gasteiger partial charge on any atom is -0.316 e. The monoisotopic (exact) mass is 278 g/mol. The van der Waals surface area contributed by atoms with Crippen LogP contribution >= 0.6 is 23.8 Å². The van der Waals surface area contributed by atoms with Gasteiger partial charge in [-0.3, -0.25) is 14.5 Å². The normalized spacial score (nSPS) is 10.9. The second-order valence-electron chi connectivity index (χ2n) is 3.71. The van der Waals surface area contributed by atoms with Gasteiger partial charge < -0.3 is 4.98 Å². The van der Waals surface area contributed by atoms with Gasteiger partial charge in [-0.15, -0.1) is 0 Å². The first-order chi connectivity index (χ1) is 8.66. The van der Waals surface area contributed by atoms with Crippen LogP contribution < -0.4 is 5.56 Å². The molecule has 5 nitrogen and oxygen atoms in total. The molecule has 0 fully saturated rings. The highest BCUT2D eigenvalue weighted by molar-refractivity contribution is 7.71. The zero-order valence-corrected chi connectivity index (χ0v) is 10.5. The van der Waals surface area contributed by atoms with Crippen LogP contribution in [0.2, 0.25) is 5.02 Å². The van der Waals surface area contributed by atoms with Gasteiger partial charge in [0, 0.05) is 5.02 Å². The highest BCUT2D eigenvalue weighted by Gasteiger charge is 2.08. The quantitative estimate of drug-likeness (QED) is 0.672. The predicted octanol–water partition coefficient (Wildman–Crippen LogP) is 2.42. The highest BCUT2D eigenvalue weighted by atomic mass is 35.5. The van der Waals surface area contributed by atoms with Crippen LogP contribution in [0.5, 0.6) is 0 Å². The molecule has 0 radical (unpaired) electrons. The molecule has 0 spiro atoms. The summed E-state index contributed by atoms with van der Waals surface area (Å²) < 4.78 is 1.71. The molecule has 18 heavy (non-hydrogen) atoms. The zero-order valence-electron chi connectivity index (χ0n) is 8.98. The van der Waals surface area contributed by atoms with Gasteiger partial charge in [0.05, 0.1) is 11.9 Å². The standard InChI is InChI=1S/C11H7ClN4OS/c12-6-1-3-7(4-2-6)16-10(17)8-5-13-15-9(8)14-11(16)18/h1-5H,(H2,13,14,15,18). The number of rotatable bonds is 1. The first-order valence-electron chi connectivity index (χ1n) is 5.11. The SMILES string of the molecule is O=c1c2cn[nH]c2[nH]c(=S)n1-c1ccc(Cl)cc1. The van der Waals surface area contributed by atoms with E-state index in [9.17, 15) is 4.79 Å². The van der Waals surface area contributed by atoms with E-state index in [1.165, 1.54) is 10.8 Å². The number of hydrogen-bond acceptors (Lipinski definition) is 3. The van der Waals surface area contributed by atoms with Crippen molar-refractivity contribution in [2.45, 2.75) is 0 Å². The molecule has 0 unspecified atom stereocenters. The van der Waals surface area contributed by atoms with Crippen molar-refractivity contribution in [1.82, 2.24) is 19.7 Å². The lowest BCUT2D eigenvalue weighted by Gasteiger charge is -2.05. The minimum atomic E-state index is -0.218. The number of aromatic nitrogens is 4. The van der Waals surface area contributed by atoms with Gasteiger partial charge in [0.15, 0.2) is 4.77 Å². The summed E-state index contributed by atoms with van der Waals surface area (Å²) in [7, 11) is 0. The first-order valence-corrected chi connectivity index (χ1v) is 5.90. The van der Waals surface area contributed by atoms with Crippen LogP contribution in [0.3, 0.4) is 0 Å². The number of fused-ring (bicyclic) bond motifs is 1. The van der Waals surface area contributed by atoms with E-state index in [2.05, 4.69) is 15.2 Å². The molecule has 1 aromatic carbocycles. The van der Waals surface area contributed by atoms with Gasteiger partial charge in [-0.2, -0.15) is 5.10 Å². The van der Waals surface area contributed by atoms with Crippen molar-refractivity contribution in [3.05, 3.63) is 50.6 Å². The third kappa shape index (κ3) is 1.66. The molecule has 0 atom stereocenters. The number of nitrogens with zero attached hydrogens (tertiary/aromatic N) is 2.